The van der Waals surface area contributed by atoms with Gasteiger partial charge in [-0.05, 0) is 19.9 Å². The third-order valence-electron chi connectivity index (χ3n) is 2.65. The first-order chi connectivity index (χ1) is 7.72. The Bertz CT molecular complexity index is 532. The van der Waals surface area contributed by atoms with Crippen molar-refractivity contribution in [3.63, 3.8) is 0 Å². The lowest BCUT2D eigenvalue weighted by Gasteiger charge is -2.20. The van der Waals surface area contributed by atoms with Crippen LogP contribution in [0.25, 0.3) is 0 Å². The van der Waals surface area contributed by atoms with Crippen molar-refractivity contribution in [3.05, 3.63) is 35.4 Å². The van der Waals surface area contributed by atoms with Gasteiger partial charge in [-0.3, -0.25) is 4.79 Å². The summed E-state index contributed by atoms with van der Waals surface area (Å²) in [5, 5.41) is 0. The van der Waals surface area contributed by atoms with Gasteiger partial charge >= 0.3 is 0 Å². The topological polar surface area (TPSA) is 51.2 Å². The average molecular weight is 275 g/mol. The van der Waals surface area contributed by atoms with Gasteiger partial charge < -0.3 is 0 Å². The van der Waals surface area contributed by atoms with E-state index in [0.717, 1.165) is 5.56 Å². The van der Waals surface area contributed by atoms with Crippen LogP contribution in [0.1, 0.15) is 29.8 Å². The van der Waals surface area contributed by atoms with E-state index in [1.54, 1.807) is 18.2 Å². The molecule has 0 spiro atoms. The van der Waals surface area contributed by atoms with Crippen LogP contribution in [0, 0.1) is 6.92 Å². The molecule has 0 fully saturated rings. The SMILES string of the molecule is CCS(=O)(=O)C(C)(Cl)C(=O)c1cccc(C)c1. The monoisotopic (exact) mass is 274 g/mol. The van der Waals surface area contributed by atoms with Gasteiger partial charge in [-0.25, -0.2) is 8.42 Å². The number of carbonyl (C=O) groups is 1. The number of benzene rings is 1. The largest absolute Gasteiger partial charge is 0.291 e. The molecular weight excluding hydrogens is 260 g/mol. The molecule has 0 aliphatic carbocycles. The van der Waals surface area contributed by atoms with E-state index in [9.17, 15) is 13.2 Å². The smallest absolute Gasteiger partial charge is 0.205 e. The van der Waals surface area contributed by atoms with Gasteiger partial charge in [0, 0.05) is 11.3 Å². The lowest BCUT2D eigenvalue weighted by Crippen LogP contribution is -2.39. The summed E-state index contributed by atoms with van der Waals surface area (Å²) in [6, 6.07) is 6.74. The Morgan fingerprint density at radius 1 is 1.41 bits per heavy atom. The number of Topliss-reactive ketones (excluding diaryl/α,β-unsaturated/α-hetero) is 1. The molecule has 0 N–H and O–H groups in total. The minimum atomic E-state index is -3.64. The molecule has 0 aliphatic heterocycles. The normalized spacial score (nSPS) is 15.3. The second-order valence-electron chi connectivity index (χ2n) is 4.02. The average Bonchev–Trinajstić information content (AvgIpc) is 2.27. The third kappa shape index (κ3) is 2.69. The maximum Gasteiger partial charge on any atom is 0.205 e. The summed E-state index contributed by atoms with van der Waals surface area (Å²) in [4.78, 5) is 12.1. The Labute approximate surface area is 107 Å². The number of aryl methyl sites for hydroxylation is 1. The predicted octanol–water partition coefficient (Wildman–Crippen LogP) is 2.57. The van der Waals surface area contributed by atoms with Gasteiger partial charge in [-0.1, -0.05) is 42.3 Å². The Kier molecular flexibility index (Phi) is 3.99. The van der Waals surface area contributed by atoms with Crippen molar-refractivity contribution in [2.24, 2.45) is 0 Å². The summed E-state index contributed by atoms with van der Waals surface area (Å²) >= 11 is 5.93. The molecule has 0 aromatic heterocycles. The van der Waals surface area contributed by atoms with E-state index in [4.69, 9.17) is 11.6 Å². The first-order valence-corrected chi connectivity index (χ1v) is 7.28. The van der Waals surface area contributed by atoms with Gasteiger partial charge in [0.1, 0.15) is 0 Å². The summed E-state index contributed by atoms with van der Waals surface area (Å²) in [5.41, 5.74) is 1.21. The predicted molar refractivity (Wildman–Crippen MR) is 69.2 cm³/mol. The fraction of sp³-hybridized carbons (Fsp3) is 0.417. The van der Waals surface area contributed by atoms with Crippen molar-refractivity contribution in [1.82, 2.24) is 0 Å². The molecule has 0 radical (unpaired) electrons. The Balaban J connectivity index is 3.23. The zero-order valence-electron chi connectivity index (χ0n) is 10.0. The van der Waals surface area contributed by atoms with Crippen LogP contribution in [0.3, 0.4) is 0 Å². The second-order valence-corrected chi connectivity index (χ2v) is 7.62. The lowest BCUT2D eigenvalue weighted by atomic mass is 10.1. The molecule has 0 saturated heterocycles. The van der Waals surface area contributed by atoms with Crippen molar-refractivity contribution in [2.75, 3.05) is 5.75 Å². The molecule has 1 unspecified atom stereocenters. The maximum atomic E-state index is 12.1. The fourth-order valence-corrected chi connectivity index (χ4v) is 2.84. The van der Waals surface area contributed by atoms with Gasteiger partial charge in [-0.15, -0.1) is 0 Å². The number of sulfone groups is 1. The van der Waals surface area contributed by atoms with Crippen LogP contribution in [-0.4, -0.2) is 24.2 Å². The van der Waals surface area contributed by atoms with Gasteiger partial charge in [-0.2, -0.15) is 0 Å². The highest BCUT2D eigenvalue weighted by atomic mass is 35.5. The summed E-state index contributed by atoms with van der Waals surface area (Å²) in [7, 11) is -3.64. The van der Waals surface area contributed by atoms with Crippen molar-refractivity contribution in [2.45, 2.75) is 25.0 Å². The molecule has 0 saturated carbocycles. The molecule has 94 valence electrons. The molecule has 1 rings (SSSR count). The molecule has 1 aromatic carbocycles. The van der Waals surface area contributed by atoms with Crippen LogP contribution in [0.4, 0.5) is 0 Å². The molecule has 1 aromatic rings. The van der Waals surface area contributed by atoms with Gasteiger partial charge in [0.15, 0.2) is 15.6 Å². The fourth-order valence-electron chi connectivity index (χ4n) is 1.46. The van der Waals surface area contributed by atoms with E-state index < -0.39 is 19.8 Å². The number of ketones is 1. The number of rotatable bonds is 4. The van der Waals surface area contributed by atoms with Gasteiger partial charge in [0.25, 0.3) is 0 Å². The molecule has 1 atom stereocenters. The van der Waals surface area contributed by atoms with E-state index in [2.05, 4.69) is 0 Å². The summed E-state index contributed by atoms with van der Waals surface area (Å²) in [5.74, 6) is -0.741. The molecule has 0 aliphatic rings. The highest BCUT2D eigenvalue weighted by Gasteiger charge is 2.43. The van der Waals surface area contributed by atoms with Crippen LogP contribution in [0.5, 0.6) is 0 Å². The van der Waals surface area contributed by atoms with E-state index in [1.807, 2.05) is 13.0 Å². The number of carbonyl (C=O) groups excluding carboxylic acids is 1. The van der Waals surface area contributed by atoms with E-state index in [0.29, 0.717) is 5.56 Å². The number of hydrogen-bond acceptors (Lipinski definition) is 3. The minimum absolute atomic E-state index is 0.162. The number of hydrogen-bond donors (Lipinski definition) is 0. The molecule has 0 bridgehead atoms. The minimum Gasteiger partial charge on any atom is -0.291 e. The summed E-state index contributed by atoms with van der Waals surface area (Å²) in [6.07, 6.45) is 0. The van der Waals surface area contributed by atoms with Crippen molar-refractivity contribution >= 4 is 27.2 Å². The Hall–Kier alpha value is -0.870. The molecule has 0 amide bonds. The zero-order valence-corrected chi connectivity index (χ0v) is 11.6. The summed E-state index contributed by atoms with van der Waals surface area (Å²) < 4.78 is 21.6. The van der Waals surface area contributed by atoms with Crippen LogP contribution in [0.15, 0.2) is 24.3 Å². The first kappa shape index (κ1) is 14.2. The van der Waals surface area contributed by atoms with Crippen LogP contribution >= 0.6 is 11.6 Å². The highest BCUT2D eigenvalue weighted by Crippen LogP contribution is 2.28. The first-order valence-electron chi connectivity index (χ1n) is 5.25. The second kappa shape index (κ2) is 4.78. The molecule has 17 heavy (non-hydrogen) atoms. The summed E-state index contributed by atoms with van der Waals surface area (Å²) in [6.45, 7) is 4.54. The third-order valence-corrected chi connectivity index (χ3v) is 5.64. The molecule has 5 heteroatoms. The molecule has 3 nitrogen and oxygen atoms in total. The van der Waals surface area contributed by atoms with Crippen molar-refractivity contribution in [3.8, 4) is 0 Å². The number of halogens is 1. The lowest BCUT2D eigenvalue weighted by molar-refractivity contribution is 0.0978. The van der Waals surface area contributed by atoms with E-state index >= 15 is 0 Å². The Morgan fingerprint density at radius 3 is 2.47 bits per heavy atom. The highest BCUT2D eigenvalue weighted by molar-refractivity contribution is 7.95. The maximum absolute atomic E-state index is 12.1. The van der Waals surface area contributed by atoms with Crippen LogP contribution in [0.2, 0.25) is 0 Å². The van der Waals surface area contributed by atoms with E-state index in [-0.39, 0.29) is 5.75 Å². The van der Waals surface area contributed by atoms with Gasteiger partial charge in [0.05, 0.1) is 0 Å². The molecular formula is C12H15ClO3S. The van der Waals surface area contributed by atoms with Crippen LogP contribution in [-0.2, 0) is 9.84 Å². The van der Waals surface area contributed by atoms with E-state index in [1.165, 1.54) is 13.8 Å². The molecule has 0 heterocycles. The zero-order chi connectivity index (χ0) is 13.3. The number of alkyl halides is 1. The standard InChI is InChI=1S/C12H15ClO3S/c1-4-17(15,16)12(3,13)11(14)10-7-5-6-9(2)8-10/h5-8H,4H2,1-3H3. The van der Waals surface area contributed by atoms with Crippen molar-refractivity contribution < 1.29 is 13.2 Å². The quantitative estimate of drug-likeness (QED) is 0.626. The Morgan fingerprint density at radius 2 is 2.00 bits per heavy atom. The van der Waals surface area contributed by atoms with Gasteiger partial charge in [0.2, 0.25) is 4.21 Å². The van der Waals surface area contributed by atoms with Crippen LogP contribution < -0.4 is 0 Å². The van der Waals surface area contributed by atoms with Crippen molar-refractivity contribution in [1.29, 1.82) is 0 Å².